The van der Waals surface area contributed by atoms with Crippen molar-refractivity contribution in [3.8, 4) is 0 Å². The average molecular weight is 325 g/mol. The van der Waals surface area contributed by atoms with Crippen molar-refractivity contribution in [3.63, 3.8) is 0 Å². The van der Waals surface area contributed by atoms with Crippen LogP contribution in [0.2, 0.25) is 0 Å². The van der Waals surface area contributed by atoms with Crippen molar-refractivity contribution in [3.05, 3.63) is 34.9 Å². The molecular formula is C15H13F2NO5. The number of esters is 1. The highest BCUT2D eigenvalue weighted by molar-refractivity contribution is 6.22. The van der Waals surface area contributed by atoms with Gasteiger partial charge in [0.1, 0.15) is 23.3 Å². The highest BCUT2D eigenvalue weighted by Gasteiger charge is 2.43. The molecular weight excluding hydrogens is 312 g/mol. The van der Waals surface area contributed by atoms with E-state index < -0.39 is 58.8 Å². The van der Waals surface area contributed by atoms with Gasteiger partial charge in [0, 0.05) is 6.54 Å². The van der Waals surface area contributed by atoms with Crippen molar-refractivity contribution in [2.24, 2.45) is 5.92 Å². The van der Waals surface area contributed by atoms with Crippen molar-refractivity contribution < 1.29 is 32.7 Å². The molecule has 0 aliphatic carbocycles. The number of benzene rings is 1. The smallest absolute Gasteiger partial charge is 0.318 e. The van der Waals surface area contributed by atoms with Gasteiger partial charge < -0.3 is 4.74 Å². The lowest BCUT2D eigenvalue weighted by Gasteiger charge is -2.19. The van der Waals surface area contributed by atoms with E-state index in [1.807, 2.05) is 0 Å². The third kappa shape index (κ3) is 2.84. The number of amides is 2. The Balaban J connectivity index is 2.36. The van der Waals surface area contributed by atoms with Gasteiger partial charge in [-0.25, -0.2) is 8.78 Å². The molecule has 1 aromatic rings. The molecule has 0 aromatic heterocycles. The van der Waals surface area contributed by atoms with Crippen LogP contribution < -0.4 is 0 Å². The first kappa shape index (κ1) is 16.7. The predicted molar refractivity (Wildman–Crippen MR) is 72.5 cm³/mol. The highest BCUT2D eigenvalue weighted by Crippen LogP contribution is 2.28. The second-order valence-corrected chi connectivity index (χ2v) is 4.92. The molecule has 1 aromatic carbocycles. The van der Waals surface area contributed by atoms with Gasteiger partial charge in [-0.1, -0.05) is 0 Å². The summed E-state index contributed by atoms with van der Waals surface area (Å²) >= 11 is 0. The fraction of sp³-hybridized carbons (Fsp3) is 0.333. The summed E-state index contributed by atoms with van der Waals surface area (Å²) < 4.78 is 32.1. The number of fused-ring (bicyclic) bond motifs is 1. The van der Waals surface area contributed by atoms with Crippen LogP contribution in [0.5, 0.6) is 0 Å². The number of ether oxygens (including phenoxy) is 1. The Morgan fingerprint density at radius 3 is 2.00 bits per heavy atom. The van der Waals surface area contributed by atoms with Crippen LogP contribution in [0.1, 0.15) is 34.6 Å². The Labute approximate surface area is 130 Å². The van der Waals surface area contributed by atoms with E-state index in [0.717, 1.165) is 19.1 Å². The number of hydrogen-bond acceptors (Lipinski definition) is 5. The van der Waals surface area contributed by atoms with Gasteiger partial charge in [0.15, 0.2) is 0 Å². The normalized spacial score (nSPS) is 14.7. The number of Topliss-reactive ketones (excluding diaryl/α,β-unsaturated/α-hetero) is 1. The van der Waals surface area contributed by atoms with Gasteiger partial charge in [0.05, 0.1) is 17.7 Å². The zero-order chi connectivity index (χ0) is 17.3. The molecule has 2 amide bonds. The maximum absolute atomic E-state index is 13.7. The third-order valence-electron chi connectivity index (χ3n) is 3.45. The number of halogens is 2. The SMILES string of the molecule is CCOC(=O)[C@H](CN1C(=O)c2c(F)ccc(F)c2C1=O)C(C)=O. The highest BCUT2D eigenvalue weighted by atomic mass is 19.1. The van der Waals surface area contributed by atoms with E-state index in [0.29, 0.717) is 4.90 Å². The summed E-state index contributed by atoms with van der Waals surface area (Å²) in [4.78, 5) is 48.1. The van der Waals surface area contributed by atoms with Gasteiger partial charge in [-0.05, 0) is 26.0 Å². The van der Waals surface area contributed by atoms with Gasteiger partial charge in [0.25, 0.3) is 11.8 Å². The summed E-state index contributed by atoms with van der Waals surface area (Å²) in [5, 5.41) is 0. The summed E-state index contributed by atoms with van der Waals surface area (Å²) in [6.07, 6.45) is 0. The summed E-state index contributed by atoms with van der Waals surface area (Å²) in [6, 6.07) is 1.47. The number of carbonyl (C=O) groups is 4. The Hall–Kier alpha value is -2.64. The molecule has 1 heterocycles. The van der Waals surface area contributed by atoms with Crippen LogP contribution in [0.25, 0.3) is 0 Å². The Morgan fingerprint density at radius 1 is 1.13 bits per heavy atom. The largest absolute Gasteiger partial charge is 0.465 e. The van der Waals surface area contributed by atoms with Crippen LogP contribution in [-0.4, -0.2) is 41.6 Å². The molecule has 8 heteroatoms. The molecule has 23 heavy (non-hydrogen) atoms. The van der Waals surface area contributed by atoms with Crippen LogP contribution in [0.15, 0.2) is 12.1 Å². The quantitative estimate of drug-likeness (QED) is 0.463. The number of hydrogen-bond donors (Lipinski definition) is 0. The standard InChI is InChI=1S/C15H13F2NO5/c1-3-23-15(22)8(7(2)19)6-18-13(20)11-9(16)4-5-10(17)12(11)14(18)21/h4-5,8H,3,6H2,1-2H3/t8-/m1/s1. The first-order valence-electron chi connectivity index (χ1n) is 6.80. The maximum Gasteiger partial charge on any atom is 0.318 e. The fourth-order valence-corrected chi connectivity index (χ4v) is 2.29. The van der Waals surface area contributed by atoms with E-state index in [1.54, 1.807) is 0 Å². The Kier molecular flexibility index (Phi) is 4.53. The summed E-state index contributed by atoms with van der Waals surface area (Å²) in [5.74, 6) is -7.19. The molecule has 0 unspecified atom stereocenters. The fourth-order valence-electron chi connectivity index (χ4n) is 2.29. The zero-order valence-electron chi connectivity index (χ0n) is 12.4. The summed E-state index contributed by atoms with van der Waals surface area (Å²) in [7, 11) is 0. The van der Waals surface area contributed by atoms with Crippen LogP contribution >= 0.6 is 0 Å². The van der Waals surface area contributed by atoms with Crippen molar-refractivity contribution in [2.45, 2.75) is 13.8 Å². The summed E-state index contributed by atoms with van der Waals surface area (Å²) in [6.45, 7) is 2.01. The molecule has 2 rings (SSSR count). The minimum atomic E-state index is -1.40. The van der Waals surface area contributed by atoms with Crippen molar-refractivity contribution >= 4 is 23.6 Å². The third-order valence-corrected chi connectivity index (χ3v) is 3.45. The zero-order valence-corrected chi connectivity index (χ0v) is 12.4. The molecule has 0 saturated heterocycles. The van der Waals surface area contributed by atoms with Crippen molar-refractivity contribution in [1.82, 2.24) is 4.90 Å². The first-order chi connectivity index (χ1) is 10.8. The molecule has 122 valence electrons. The topological polar surface area (TPSA) is 80.8 Å². The molecule has 0 spiro atoms. The van der Waals surface area contributed by atoms with E-state index in [1.165, 1.54) is 6.92 Å². The van der Waals surface area contributed by atoms with Gasteiger partial charge in [-0.3, -0.25) is 24.1 Å². The lowest BCUT2D eigenvalue weighted by molar-refractivity contribution is -0.151. The number of nitrogens with zero attached hydrogens (tertiary/aromatic N) is 1. The molecule has 1 atom stereocenters. The van der Waals surface area contributed by atoms with Crippen LogP contribution in [-0.2, 0) is 14.3 Å². The molecule has 0 bridgehead atoms. The first-order valence-corrected chi connectivity index (χ1v) is 6.80. The minimum Gasteiger partial charge on any atom is -0.465 e. The van der Waals surface area contributed by atoms with Crippen LogP contribution in [0.3, 0.4) is 0 Å². The van der Waals surface area contributed by atoms with Gasteiger partial charge in [0.2, 0.25) is 0 Å². The van der Waals surface area contributed by atoms with Gasteiger partial charge in [-0.15, -0.1) is 0 Å². The van der Waals surface area contributed by atoms with Crippen LogP contribution in [0, 0.1) is 17.6 Å². The lowest BCUT2D eigenvalue weighted by Crippen LogP contribution is -2.40. The molecule has 0 radical (unpaired) electrons. The van der Waals surface area contributed by atoms with Gasteiger partial charge in [-0.2, -0.15) is 0 Å². The molecule has 1 aliphatic heterocycles. The number of carbonyl (C=O) groups excluding carboxylic acids is 4. The van der Waals surface area contributed by atoms with E-state index in [2.05, 4.69) is 0 Å². The van der Waals surface area contributed by atoms with Crippen molar-refractivity contribution in [2.75, 3.05) is 13.2 Å². The number of ketones is 1. The maximum atomic E-state index is 13.7. The van der Waals surface area contributed by atoms with E-state index in [9.17, 15) is 28.0 Å². The minimum absolute atomic E-state index is 0.00792. The molecule has 1 aliphatic rings. The van der Waals surface area contributed by atoms with E-state index >= 15 is 0 Å². The average Bonchev–Trinajstić information content (AvgIpc) is 2.73. The second-order valence-electron chi connectivity index (χ2n) is 4.92. The van der Waals surface area contributed by atoms with E-state index in [4.69, 9.17) is 4.74 Å². The second kappa shape index (κ2) is 6.23. The molecule has 0 saturated carbocycles. The van der Waals surface area contributed by atoms with Crippen molar-refractivity contribution in [1.29, 1.82) is 0 Å². The number of rotatable bonds is 5. The van der Waals surface area contributed by atoms with Crippen LogP contribution in [0.4, 0.5) is 8.78 Å². The Bertz CT molecular complexity index is 675. The molecule has 0 fully saturated rings. The predicted octanol–water partition coefficient (Wildman–Crippen LogP) is 1.33. The Morgan fingerprint density at radius 2 is 1.61 bits per heavy atom. The summed E-state index contributed by atoms with van der Waals surface area (Å²) in [5.41, 5.74) is -1.39. The molecule has 6 nitrogen and oxygen atoms in total. The number of imide groups is 1. The molecule has 0 N–H and O–H groups in total. The van der Waals surface area contributed by atoms with Gasteiger partial charge >= 0.3 is 5.97 Å². The lowest BCUT2D eigenvalue weighted by atomic mass is 10.1. The van der Waals surface area contributed by atoms with E-state index in [-0.39, 0.29) is 6.61 Å². The monoisotopic (exact) mass is 325 g/mol.